The summed E-state index contributed by atoms with van der Waals surface area (Å²) in [6, 6.07) is 9.82. The van der Waals surface area contributed by atoms with Crippen LogP contribution in [0.5, 0.6) is 0 Å². The van der Waals surface area contributed by atoms with Crippen LogP contribution in [0.2, 0.25) is 0 Å². The zero-order valence-corrected chi connectivity index (χ0v) is 12.7. The van der Waals surface area contributed by atoms with Crippen molar-refractivity contribution in [2.45, 2.75) is 26.9 Å². The first-order valence-corrected chi connectivity index (χ1v) is 7.50. The van der Waals surface area contributed by atoms with Crippen LogP contribution in [0.1, 0.15) is 23.1 Å². The van der Waals surface area contributed by atoms with E-state index in [9.17, 15) is 4.79 Å². The molecule has 0 saturated carbocycles. The summed E-state index contributed by atoms with van der Waals surface area (Å²) in [5, 5.41) is 4.36. The van der Waals surface area contributed by atoms with Gasteiger partial charge in [0.1, 0.15) is 5.69 Å². The summed E-state index contributed by atoms with van der Waals surface area (Å²) in [4.78, 5) is 19.3. The minimum atomic E-state index is -0.0310. The maximum absolute atomic E-state index is 12.9. The topological polar surface area (TPSA) is 56.0 Å². The third-order valence-electron chi connectivity index (χ3n) is 4.09. The molecule has 1 aliphatic heterocycles. The lowest BCUT2D eigenvalue weighted by Gasteiger charge is -2.14. The van der Waals surface area contributed by atoms with E-state index in [1.165, 1.54) is 0 Å². The number of benzene rings is 1. The van der Waals surface area contributed by atoms with Crippen LogP contribution >= 0.6 is 0 Å². The van der Waals surface area contributed by atoms with Crippen LogP contribution in [0.3, 0.4) is 0 Å². The van der Waals surface area contributed by atoms with Crippen molar-refractivity contribution in [2.75, 3.05) is 11.4 Å². The number of imidazole rings is 1. The first-order valence-electron chi connectivity index (χ1n) is 7.50. The van der Waals surface area contributed by atoms with Gasteiger partial charge in [0.05, 0.1) is 16.7 Å². The lowest BCUT2D eigenvalue weighted by molar-refractivity contribution is 0.0978. The molecule has 112 valence electrons. The number of para-hydroxylation sites is 2. The van der Waals surface area contributed by atoms with E-state index >= 15 is 0 Å². The van der Waals surface area contributed by atoms with Gasteiger partial charge in [-0.15, -0.1) is 0 Å². The van der Waals surface area contributed by atoms with Crippen molar-refractivity contribution in [3.63, 3.8) is 0 Å². The normalized spacial score (nSPS) is 13.8. The first kappa shape index (κ1) is 13.1. The molecule has 1 amide bonds. The maximum Gasteiger partial charge on any atom is 0.278 e. The molecule has 0 unspecified atom stereocenters. The van der Waals surface area contributed by atoms with Crippen LogP contribution < -0.4 is 4.90 Å². The summed E-state index contributed by atoms with van der Waals surface area (Å²) in [5.74, 6) is 0.698. The third kappa shape index (κ3) is 1.76. The highest BCUT2D eigenvalue weighted by Crippen LogP contribution is 2.28. The lowest BCUT2D eigenvalue weighted by atomic mass is 10.3. The molecule has 0 radical (unpaired) electrons. The Hall–Kier alpha value is -2.63. The smallest absolute Gasteiger partial charge is 0.278 e. The quantitative estimate of drug-likeness (QED) is 0.728. The molecule has 0 spiro atoms. The number of hydrogen-bond donors (Lipinski definition) is 0. The molecule has 3 aromatic rings. The molecule has 1 aromatic carbocycles. The molecule has 1 aliphatic rings. The summed E-state index contributed by atoms with van der Waals surface area (Å²) in [6.45, 7) is 6.00. The molecule has 4 rings (SSSR count). The second-order valence-electron chi connectivity index (χ2n) is 5.50. The number of aryl methyl sites for hydroxylation is 2. The Morgan fingerprint density at radius 3 is 2.91 bits per heavy atom. The van der Waals surface area contributed by atoms with Gasteiger partial charge in [-0.3, -0.25) is 14.4 Å². The predicted molar refractivity (Wildman–Crippen MR) is 84.0 cm³/mol. The predicted octanol–water partition coefficient (Wildman–Crippen LogP) is 2.22. The van der Waals surface area contributed by atoms with Gasteiger partial charge < -0.3 is 4.57 Å². The highest BCUT2D eigenvalue weighted by atomic mass is 16.2. The first-order chi connectivity index (χ1) is 10.7. The van der Waals surface area contributed by atoms with Gasteiger partial charge >= 0.3 is 0 Å². The molecule has 0 N–H and O–H groups in total. The molecule has 6 nitrogen and oxygen atoms in total. The number of aromatic nitrogens is 4. The minimum Gasteiger partial charge on any atom is -0.308 e. The van der Waals surface area contributed by atoms with E-state index in [0.29, 0.717) is 18.8 Å². The number of rotatable bonds is 2. The Labute approximate surface area is 128 Å². The molecular weight excluding hydrogens is 278 g/mol. The largest absolute Gasteiger partial charge is 0.308 e. The highest BCUT2D eigenvalue weighted by molar-refractivity contribution is 6.05. The summed E-state index contributed by atoms with van der Waals surface area (Å²) in [6.07, 6.45) is 0. The SMILES string of the molecule is CCn1nc(C)cc1C(=O)N1CCn2c1nc1ccccc12. The Morgan fingerprint density at radius 2 is 2.09 bits per heavy atom. The molecule has 0 fully saturated rings. The van der Waals surface area contributed by atoms with Crippen molar-refractivity contribution in [1.29, 1.82) is 0 Å². The van der Waals surface area contributed by atoms with Gasteiger partial charge in [0.25, 0.3) is 5.91 Å². The average molecular weight is 295 g/mol. The zero-order chi connectivity index (χ0) is 15.3. The fraction of sp³-hybridized carbons (Fsp3) is 0.312. The second kappa shape index (κ2) is 4.69. The highest BCUT2D eigenvalue weighted by Gasteiger charge is 2.30. The standard InChI is InChI=1S/C16H17N5O/c1-3-21-14(10-11(2)18-21)15(22)20-9-8-19-13-7-5-4-6-12(13)17-16(19)20/h4-7,10H,3,8-9H2,1-2H3. The van der Waals surface area contributed by atoms with E-state index in [0.717, 1.165) is 29.2 Å². The number of fused-ring (bicyclic) bond motifs is 3. The second-order valence-corrected chi connectivity index (χ2v) is 5.50. The van der Waals surface area contributed by atoms with Crippen LogP contribution in [0.25, 0.3) is 11.0 Å². The van der Waals surface area contributed by atoms with E-state index < -0.39 is 0 Å². The summed E-state index contributed by atoms with van der Waals surface area (Å²) < 4.78 is 3.86. The fourth-order valence-corrected chi connectivity index (χ4v) is 3.08. The third-order valence-corrected chi connectivity index (χ3v) is 4.09. The Bertz CT molecular complexity index is 876. The minimum absolute atomic E-state index is 0.0310. The molecular formula is C16H17N5O. The maximum atomic E-state index is 12.9. The Kier molecular flexibility index (Phi) is 2.79. The molecule has 0 bridgehead atoms. The summed E-state index contributed by atoms with van der Waals surface area (Å²) >= 11 is 0. The van der Waals surface area contributed by atoms with Crippen molar-refractivity contribution in [2.24, 2.45) is 0 Å². The van der Waals surface area contributed by atoms with Gasteiger partial charge in [-0.25, -0.2) is 4.98 Å². The Balaban J connectivity index is 1.78. The lowest BCUT2D eigenvalue weighted by Crippen LogP contribution is -2.31. The van der Waals surface area contributed by atoms with Gasteiger partial charge in [0.2, 0.25) is 5.95 Å². The number of amides is 1. The number of hydrogen-bond acceptors (Lipinski definition) is 3. The van der Waals surface area contributed by atoms with Crippen molar-refractivity contribution in [3.05, 3.63) is 41.7 Å². The molecule has 0 saturated heterocycles. The van der Waals surface area contributed by atoms with Gasteiger partial charge in [-0.2, -0.15) is 5.10 Å². The van der Waals surface area contributed by atoms with Crippen LogP contribution in [0.15, 0.2) is 30.3 Å². The van der Waals surface area contributed by atoms with Gasteiger partial charge in [0, 0.05) is 19.6 Å². The van der Waals surface area contributed by atoms with Crippen LogP contribution in [-0.2, 0) is 13.1 Å². The average Bonchev–Trinajstić information content (AvgIpc) is 3.18. The van der Waals surface area contributed by atoms with E-state index in [1.807, 2.05) is 44.2 Å². The van der Waals surface area contributed by atoms with Crippen LogP contribution in [0, 0.1) is 6.92 Å². The number of carbonyl (C=O) groups excluding carboxylic acids is 1. The van der Waals surface area contributed by atoms with Gasteiger partial charge in [0.15, 0.2) is 0 Å². The monoisotopic (exact) mass is 295 g/mol. The number of carbonyl (C=O) groups is 1. The van der Waals surface area contributed by atoms with Crippen molar-refractivity contribution in [3.8, 4) is 0 Å². The van der Waals surface area contributed by atoms with Crippen molar-refractivity contribution in [1.82, 2.24) is 19.3 Å². The molecule has 6 heteroatoms. The summed E-state index contributed by atoms with van der Waals surface area (Å²) in [7, 11) is 0. The fourth-order valence-electron chi connectivity index (χ4n) is 3.08. The van der Waals surface area contributed by atoms with Crippen LogP contribution in [-0.4, -0.2) is 31.8 Å². The van der Waals surface area contributed by atoms with Gasteiger partial charge in [-0.1, -0.05) is 12.1 Å². The molecule has 0 atom stereocenters. The van der Waals surface area contributed by atoms with E-state index in [4.69, 9.17) is 0 Å². The molecule has 2 aromatic heterocycles. The number of anilines is 1. The van der Waals surface area contributed by atoms with Crippen molar-refractivity contribution >= 4 is 22.9 Å². The summed E-state index contributed by atoms with van der Waals surface area (Å²) in [5.41, 5.74) is 3.49. The van der Waals surface area contributed by atoms with E-state index in [-0.39, 0.29) is 5.91 Å². The number of nitrogens with zero attached hydrogens (tertiary/aromatic N) is 5. The zero-order valence-electron chi connectivity index (χ0n) is 12.7. The van der Waals surface area contributed by atoms with E-state index in [1.54, 1.807) is 9.58 Å². The molecule has 3 heterocycles. The van der Waals surface area contributed by atoms with Gasteiger partial charge in [-0.05, 0) is 32.0 Å². The van der Waals surface area contributed by atoms with Crippen LogP contribution in [0.4, 0.5) is 5.95 Å². The Morgan fingerprint density at radius 1 is 1.27 bits per heavy atom. The van der Waals surface area contributed by atoms with Crippen molar-refractivity contribution < 1.29 is 4.79 Å². The molecule has 0 aliphatic carbocycles. The van der Waals surface area contributed by atoms with E-state index in [2.05, 4.69) is 14.6 Å². The molecule has 22 heavy (non-hydrogen) atoms.